The van der Waals surface area contributed by atoms with Crippen molar-refractivity contribution in [3.63, 3.8) is 0 Å². The highest BCUT2D eigenvalue weighted by Gasteiger charge is 2.29. The number of hydrogen-bond donors (Lipinski definition) is 1. The summed E-state index contributed by atoms with van der Waals surface area (Å²) < 4.78 is 5.03. The summed E-state index contributed by atoms with van der Waals surface area (Å²) in [5.41, 5.74) is 0.410. The molecule has 0 bridgehead atoms. The molecule has 0 aliphatic carbocycles. The lowest BCUT2D eigenvalue weighted by Crippen LogP contribution is -2.36. The number of ether oxygens (including phenoxy) is 1. The van der Waals surface area contributed by atoms with Crippen molar-refractivity contribution in [2.45, 2.75) is 6.54 Å². The molecule has 0 saturated heterocycles. The molecule has 8 nitrogen and oxygen atoms in total. The van der Waals surface area contributed by atoms with Gasteiger partial charge in [0.1, 0.15) is 12.3 Å². The molecule has 0 aliphatic heterocycles. The van der Waals surface area contributed by atoms with Gasteiger partial charge >= 0.3 is 11.9 Å². The molecule has 0 aliphatic rings. The molecule has 130 valence electrons. The normalized spacial score (nSPS) is 10.1. The Balaban J connectivity index is 2.32. The molecular weight excluding hydrogens is 352 g/mol. The number of aliphatic carboxylic acids is 1. The lowest BCUT2D eigenvalue weighted by atomic mass is 10.1. The monoisotopic (exact) mass is 364 g/mol. The van der Waals surface area contributed by atoms with Crippen molar-refractivity contribution < 1.29 is 24.5 Å². The number of nitrogens with zero attached hydrogens (tertiary/aromatic N) is 2. The van der Waals surface area contributed by atoms with Crippen LogP contribution in [-0.2, 0) is 11.3 Å². The molecule has 2 aromatic rings. The van der Waals surface area contributed by atoms with Gasteiger partial charge in [-0.25, -0.2) is 14.9 Å². The van der Waals surface area contributed by atoms with Crippen molar-refractivity contribution in [3.8, 4) is 5.75 Å². The topological polar surface area (TPSA) is 110 Å². The van der Waals surface area contributed by atoms with Crippen molar-refractivity contribution in [1.29, 1.82) is 0 Å². The van der Waals surface area contributed by atoms with E-state index in [0.29, 0.717) is 10.6 Å². The fourth-order valence-corrected chi connectivity index (χ4v) is 2.19. The minimum absolute atomic E-state index is 0.139. The minimum atomic E-state index is -1.26. The number of carboxylic acid groups (broad SMARTS) is 1. The number of hydrazine groups is 1. The molecule has 0 spiro atoms. The van der Waals surface area contributed by atoms with Crippen molar-refractivity contribution in [2.75, 3.05) is 6.61 Å². The second kappa shape index (κ2) is 8.11. The number of amides is 1. The second-order valence-electron chi connectivity index (χ2n) is 4.91. The molecule has 9 heteroatoms. The average Bonchev–Trinajstić information content (AvgIpc) is 2.58. The van der Waals surface area contributed by atoms with Gasteiger partial charge in [-0.2, -0.15) is 0 Å². The Morgan fingerprint density at radius 2 is 1.88 bits per heavy atom. The lowest BCUT2D eigenvalue weighted by molar-refractivity contribution is -0.635. The van der Waals surface area contributed by atoms with Crippen molar-refractivity contribution in [3.05, 3.63) is 74.8 Å². The molecular formula is C16H13ClN2O6. The van der Waals surface area contributed by atoms with Gasteiger partial charge in [-0.15, -0.1) is 0 Å². The summed E-state index contributed by atoms with van der Waals surface area (Å²) in [6.07, 6.45) is 0. The summed E-state index contributed by atoms with van der Waals surface area (Å²) in [5.74, 6) is -2.33. The van der Waals surface area contributed by atoms with E-state index in [0.717, 1.165) is 0 Å². The molecule has 1 N–H and O–H groups in total. The first-order chi connectivity index (χ1) is 11.9. The highest BCUT2D eigenvalue weighted by atomic mass is 35.5. The van der Waals surface area contributed by atoms with Crippen LogP contribution >= 0.6 is 11.6 Å². The van der Waals surface area contributed by atoms with Gasteiger partial charge in [0.15, 0.2) is 11.6 Å². The first-order valence-electron chi connectivity index (χ1n) is 7.02. The molecule has 0 aromatic heterocycles. The molecule has 1 amide bonds. The maximum Gasteiger partial charge on any atom is 0.341 e. The Labute approximate surface area is 147 Å². The molecule has 0 unspecified atom stereocenters. The Kier molecular flexibility index (Phi) is 5.91. The zero-order valence-corrected chi connectivity index (χ0v) is 13.5. The molecule has 25 heavy (non-hydrogen) atoms. The van der Waals surface area contributed by atoms with Gasteiger partial charge in [-0.05, 0) is 23.8 Å². The van der Waals surface area contributed by atoms with Crippen LogP contribution in [0.3, 0.4) is 0 Å². The van der Waals surface area contributed by atoms with Crippen LogP contribution in [0.2, 0.25) is 5.02 Å². The molecule has 2 aromatic carbocycles. The van der Waals surface area contributed by atoms with Crippen LogP contribution in [0.4, 0.5) is 0 Å². The Morgan fingerprint density at radius 1 is 1.20 bits per heavy atom. The molecule has 0 radical (unpaired) electrons. The zero-order valence-electron chi connectivity index (χ0n) is 12.8. The maximum absolute atomic E-state index is 12.6. The lowest BCUT2D eigenvalue weighted by Gasteiger charge is -2.15. The molecule has 0 saturated carbocycles. The van der Waals surface area contributed by atoms with E-state index in [1.165, 1.54) is 18.2 Å². The van der Waals surface area contributed by atoms with Gasteiger partial charge in [0, 0.05) is 5.02 Å². The van der Waals surface area contributed by atoms with Gasteiger partial charge in [-0.1, -0.05) is 46.9 Å². The SMILES string of the molecule is O=C(O)COc1cc(Cl)ccc1C(=O)N(Cc1ccccc1)[N+](=O)[O-]. The van der Waals surface area contributed by atoms with Crippen LogP contribution in [-0.4, -0.2) is 33.6 Å². The first-order valence-corrected chi connectivity index (χ1v) is 7.40. The third-order valence-corrected chi connectivity index (χ3v) is 3.37. The minimum Gasteiger partial charge on any atom is -0.481 e. The Bertz CT molecular complexity index is 796. The number of halogens is 1. The van der Waals surface area contributed by atoms with E-state index < -0.39 is 23.5 Å². The van der Waals surface area contributed by atoms with Gasteiger partial charge in [0.2, 0.25) is 0 Å². The smallest absolute Gasteiger partial charge is 0.341 e. The molecule has 2 rings (SSSR count). The van der Waals surface area contributed by atoms with E-state index in [-0.39, 0.29) is 22.9 Å². The summed E-state index contributed by atoms with van der Waals surface area (Å²) in [4.78, 5) is 34.6. The van der Waals surface area contributed by atoms with E-state index in [1.807, 2.05) is 0 Å². The fraction of sp³-hybridized carbons (Fsp3) is 0.125. The molecule has 0 fully saturated rings. The number of nitro groups is 1. The largest absolute Gasteiger partial charge is 0.481 e. The standard InChI is InChI=1S/C16H13ClN2O6/c17-12-6-7-13(14(8-12)25-10-15(20)21)16(22)18(19(23)24)9-11-4-2-1-3-5-11/h1-8H,9-10H2,(H,20,21). The fourth-order valence-electron chi connectivity index (χ4n) is 2.03. The number of rotatable bonds is 7. The van der Waals surface area contributed by atoms with Crippen LogP contribution in [0.5, 0.6) is 5.75 Å². The van der Waals surface area contributed by atoms with Gasteiger partial charge in [0.25, 0.3) is 0 Å². The number of carbonyl (C=O) groups is 2. The molecule has 0 atom stereocenters. The van der Waals surface area contributed by atoms with Crippen LogP contribution in [0, 0.1) is 10.1 Å². The van der Waals surface area contributed by atoms with Gasteiger partial charge in [0.05, 0.1) is 5.56 Å². The van der Waals surface area contributed by atoms with E-state index in [4.69, 9.17) is 21.4 Å². The molecule has 0 heterocycles. The average molecular weight is 365 g/mol. The first kappa shape index (κ1) is 18.2. The van der Waals surface area contributed by atoms with E-state index in [9.17, 15) is 19.7 Å². The van der Waals surface area contributed by atoms with Crippen LogP contribution in [0.25, 0.3) is 0 Å². The highest BCUT2D eigenvalue weighted by molar-refractivity contribution is 6.30. The van der Waals surface area contributed by atoms with Crippen LogP contribution < -0.4 is 4.74 Å². The predicted molar refractivity (Wildman–Crippen MR) is 87.9 cm³/mol. The second-order valence-corrected chi connectivity index (χ2v) is 5.35. The van der Waals surface area contributed by atoms with Crippen molar-refractivity contribution >= 4 is 23.5 Å². The van der Waals surface area contributed by atoms with E-state index >= 15 is 0 Å². The van der Waals surface area contributed by atoms with E-state index in [2.05, 4.69) is 0 Å². The number of carbonyl (C=O) groups excluding carboxylic acids is 1. The van der Waals surface area contributed by atoms with Crippen molar-refractivity contribution in [1.82, 2.24) is 5.01 Å². The summed E-state index contributed by atoms with van der Waals surface area (Å²) in [7, 11) is 0. The summed E-state index contributed by atoms with van der Waals surface area (Å²) >= 11 is 5.82. The Hall–Kier alpha value is -3.13. The number of benzene rings is 2. The third-order valence-electron chi connectivity index (χ3n) is 3.13. The number of carboxylic acids is 1. The van der Waals surface area contributed by atoms with Crippen LogP contribution in [0.1, 0.15) is 15.9 Å². The summed E-state index contributed by atoms with van der Waals surface area (Å²) in [5, 5.41) is 19.8. The van der Waals surface area contributed by atoms with Gasteiger partial charge in [-0.3, -0.25) is 4.79 Å². The van der Waals surface area contributed by atoms with Crippen molar-refractivity contribution in [2.24, 2.45) is 0 Å². The Morgan fingerprint density at radius 3 is 2.48 bits per heavy atom. The highest BCUT2D eigenvalue weighted by Crippen LogP contribution is 2.25. The summed E-state index contributed by atoms with van der Waals surface area (Å²) in [6.45, 7) is -0.967. The zero-order chi connectivity index (χ0) is 18.4. The quantitative estimate of drug-likeness (QED) is 0.597. The third kappa shape index (κ3) is 4.92. The number of hydrogen-bond acceptors (Lipinski definition) is 5. The van der Waals surface area contributed by atoms with Crippen LogP contribution in [0.15, 0.2) is 48.5 Å². The predicted octanol–water partition coefficient (Wildman–Crippen LogP) is 2.64. The maximum atomic E-state index is 12.6. The van der Waals surface area contributed by atoms with E-state index in [1.54, 1.807) is 30.3 Å². The summed E-state index contributed by atoms with van der Waals surface area (Å²) in [6, 6.07) is 12.3. The van der Waals surface area contributed by atoms with Gasteiger partial charge < -0.3 is 9.84 Å².